The standard InChI is InChI=1S/C20H30N2O/c1-18(2,3)13-11-10-12-14-15(13)16(23)22(20(7,8)9)17(21-14)19(4,5)6/h10-12H,1-9H3. The summed E-state index contributed by atoms with van der Waals surface area (Å²) >= 11 is 0. The minimum absolute atomic E-state index is 0.0675. The molecule has 1 aromatic heterocycles. The van der Waals surface area contributed by atoms with Crippen molar-refractivity contribution in [2.75, 3.05) is 0 Å². The van der Waals surface area contributed by atoms with Gasteiger partial charge >= 0.3 is 0 Å². The average molecular weight is 314 g/mol. The summed E-state index contributed by atoms with van der Waals surface area (Å²) in [5.41, 5.74) is 1.32. The largest absolute Gasteiger partial charge is 0.290 e. The highest BCUT2D eigenvalue weighted by atomic mass is 16.1. The van der Waals surface area contributed by atoms with Gasteiger partial charge in [-0.05, 0) is 37.8 Å². The van der Waals surface area contributed by atoms with E-state index in [2.05, 4.69) is 68.4 Å². The Morgan fingerprint density at radius 3 is 1.87 bits per heavy atom. The number of rotatable bonds is 0. The third kappa shape index (κ3) is 3.19. The van der Waals surface area contributed by atoms with Gasteiger partial charge in [0.1, 0.15) is 5.82 Å². The molecule has 0 aliphatic heterocycles. The number of hydrogen-bond acceptors (Lipinski definition) is 2. The van der Waals surface area contributed by atoms with Gasteiger partial charge in [0.2, 0.25) is 0 Å². The molecule has 0 saturated heterocycles. The molecule has 23 heavy (non-hydrogen) atoms. The van der Waals surface area contributed by atoms with Gasteiger partial charge in [-0.1, -0.05) is 53.7 Å². The van der Waals surface area contributed by atoms with E-state index in [0.717, 1.165) is 22.3 Å². The van der Waals surface area contributed by atoms with Crippen molar-refractivity contribution in [1.29, 1.82) is 0 Å². The van der Waals surface area contributed by atoms with E-state index in [1.54, 1.807) is 0 Å². The highest BCUT2D eigenvalue weighted by Gasteiger charge is 2.30. The van der Waals surface area contributed by atoms with Crippen LogP contribution in [0.2, 0.25) is 0 Å². The lowest BCUT2D eigenvalue weighted by Crippen LogP contribution is -2.41. The average Bonchev–Trinajstić information content (AvgIpc) is 2.33. The number of hydrogen-bond donors (Lipinski definition) is 0. The Morgan fingerprint density at radius 2 is 1.43 bits per heavy atom. The Bertz CT molecular complexity index is 794. The van der Waals surface area contributed by atoms with Crippen molar-refractivity contribution in [1.82, 2.24) is 9.55 Å². The van der Waals surface area contributed by atoms with Crippen LogP contribution in [-0.4, -0.2) is 9.55 Å². The number of nitrogens with zero attached hydrogens (tertiary/aromatic N) is 2. The molecule has 2 rings (SSSR count). The molecule has 0 aliphatic carbocycles. The SMILES string of the molecule is CC(C)(C)c1cccc2nc(C(C)(C)C)n(C(C)(C)C)c(=O)c12. The summed E-state index contributed by atoms with van der Waals surface area (Å²) in [5, 5.41) is 0.753. The van der Waals surface area contributed by atoms with Crippen molar-refractivity contribution >= 4 is 10.9 Å². The number of benzene rings is 1. The second-order valence-corrected chi connectivity index (χ2v) is 9.45. The van der Waals surface area contributed by atoms with Crippen LogP contribution in [0.4, 0.5) is 0 Å². The fraction of sp³-hybridized carbons (Fsp3) is 0.600. The van der Waals surface area contributed by atoms with Gasteiger partial charge in [-0.2, -0.15) is 0 Å². The number of fused-ring (bicyclic) bond motifs is 1. The van der Waals surface area contributed by atoms with E-state index >= 15 is 0 Å². The van der Waals surface area contributed by atoms with Crippen molar-refractivity contribution in [3.8, 4) is 0 Å². The van der Waals surface area contributed by atoms with Crippen LogP contribution in [0.25, 0.3) is 10.9 Å². The van der Waals surface area contributed by atoms with Crippen molar-refractivity contribution in [2.24, 2.45) is 0 Å². The fourth-order valence-electron chi connectivity index (χ4n) is 2.98. The first-order valence-corrected chi connectivity index (χ1v) is 8.32. The topological polar surface area (TPSA) is 34.9 Å². The highest BCUT2D eigenvalue weighted by Crippen LogP contribution is 2.30. The van der Waals surface area contributed by atoms with Crippen LogP contribution in [0.15, 0.2) is 23.0 Å². The van der Waals surface area contributed by atoms with Crippen LogP contribution < -0.4 is 5.56 Å². The highest BCUT2D eigenvalue weighted by molar-refractivity contribution is 5.82. The van der Waals surface area contributed by atoms with Gasteiger partial charge < -0.3 is 0 Å². The van der Waals surface area contributed by atoms with Crippen molar-refractivity contribution < 1.29 is 0 Å². The van der Waals surface area contributed by atoms with E-state index < -0.39 is 0 Å². The summed E-state index contributed by atoms with van der Waals surface area (Å²) in [4.78, 5) is 18.3. The fourth-order valence-corrected chi connectivity index (χ4v) is 2.98. The van der Waals surface area contributed by atoms with Crippen LogP contribution in [0.5, 0.6) is 0 Å². The minimum atomic E-state index is -0.314. The van der Waals surface area contributed by atoms with E-state index in [0.29, 0.717) is 0 Å². The van der Waals surface area contributed by atoms with Crippen molar-refractivity contribution in [2.45, 2.75) is 78.7 Å². The molecular formula is C20H30N2O. The van der Waals surface area contributed by atoms with E-state index in [9.17, 15) is 4.79 Å². The molecule has 3 heteroatoms. The quantitative estimate of drug-likeness (QED) is 0.703. The maximum absolute atomic E-state index is 13.4. The molecule has 1 heterocycles. The molecule has 1 aromatic carbocycles. The summed E-state index contributed by atoms with van der Waals surface area (Å²) in [6.07, 6.45) is 0. The summed E-state index contributed by atoms with van der Waals surface area (Å²) in [5.74, 6) is 0.841. The Balaban J connectivity index is 3.08. The van der Waals surface area contributed by atoms with Crippen molar-refractivity contribution in [3.05, 3.63) is 39.9 Å². The summed E-state index contributed by atoms with van der Waals surface area (Å²) in [6, 6.07) is 6.01. The molecular weight excluding hydrogens is 284 g/mol. The predicted molar refractivity (Wildman–Crippen MR) is 98.4 cm³/mol. The zero-order valence-electron chi connectivity index (χ0n) is 16.0. The van der Waals surface area contributed by atoms with E-state index in [-0.39, 0.29) is 21.9 Å². The first kappa shape index (κ1) is 17.7. The lowest BCUT2D eigenvalue weighted by molar-refractivity contribution is 0.338. The molecule has 0 saturated carbocycles. The normalized spacial score (nSPS) is 13.6. The Hall–Kier alpha value is -1.64. The van der Waals surface area contributed by atoms with E-state index in [1.807, 2.05) is 16.7 Å². The molecule has 0 fully saturated rings. The van der Waals surface area contributed by atoms with Gasteiger partial charge in [0.25, 0.3) is 5.56 Å². The maximum Gasteiger partial charge on any atom is 0.262 e. The molecule has 0 atom stereocenters. The smallest absolute Gasteiger partial charge is 0.262 e. The first-order chi connectivity index (χ1) is 10.2. The first-order valence-electron chi connectivity index (χ1n) is 8.32. The lowest BCUT2D eigenvalue weighted by Gasteiger charge is -2.32. The molecule has 3 nitrogen and oxygen atoms in total. The van der Waals surface area contributed by atoms with Gasteiger partial charge in [0.05, 0.1) is 10.9 Å². The molecule has 0 N–H and O–H groups in total. The second kappa shape index (κ2) is 5.19. The van der Waals surface area contributed by atoms with Gasteiger partial charge in [-0.15, -0.1) is 0 Å². The summed E-state index contributed by atoms with van der Waals surface area (Å²) in [7, 11) is 0. The van der Waals surface area contributed by atoms with Crippen LogP contribution in [0, 0.1) is 0 Å². The van der Waals surface area contributed by atoms with Crippen LogP contribution in [0.3, 0.4) is 0 Å². The Kier molecular flexibility index (Phi) is 3.99. The van der Waals surface area contributed by atoms with Crippen molar-refractivity contribution in [3.63, 3.8) is 0 Å². The van der Waals surface area contributed by atoms with E-state index in [4.69, 9.17) is 4.98 Å². The molecule has 0 unspecified atom stereocenters. The lowest BCUT2D eigenvalue weighted by atomic mass is 9.84. The van der Waals surface area contributed by atoms with Gasteiger partial charge in [0, 0.05) is 11.0 Å². The zero-order valence-corrected chi connectivity index (χ0v) is 16.0. The zero-order chi connectivity index (χ0) is 17.8. The van der Waals surface area contributed by atoms with Crippen LogP contribution in [-0.2, 0) is 16.4 Å². The molecule has 2 aromatic rings. The minimum Gasteiger partial charge on any atom is -0.290 e. The molecule has 0 bridgehead atoms. The summed E-state index contributed by atoms with van der Waals surface area (Å²) in [6.45, 7) is 18.9. The molecule has 0 aliphatic rings. The molecule has 126 valence electrons. The van der Waals surface area contributed by atoms with Gasteiger partial charge in [-0.3, -0.25) is 9.36 Å². The molecule has 0 radical (unpaired) electrons. The second-order valence-electron chi connectivity index (χ2n) is 9.45. The predicted octanol–water partition coefficient (Wildman–Crippen LogP) is 4.75. The van der Waals surface area contributed by atoms with Crippen LogP contribution in [0.1, 0.15) is 73.7 Å². The van der Waals surface area contributed by atoms with Gasteiger partial charge in [-0.25, -0.2) is 4.98 Å². The number of aromatic nitrogens is 2. The summed E-state index contributed by atoms with van der Waals surface area (Å²) < 4.78 is 1.88. The maximum atomic E-state index is 13.4. The Labute approximate surface area is 139 Å². The third-order valence-electron chi connectivity index (χ3n) is 4.05. The monoisotopic (exact) mass is 314 g/mol. The third-order valence-corrected chi connectivity index (χ3v) is 4.05. The van der Waals surface area contributed by atoms with Gasteiger partial charge in [0.15, 0.2) is 0 Å². The molecule has 0 amide bonds. The Morgan fingerprint density at radius 1 is 0.870 bits per heavy atom. The van der Waals surface area contributed by atoms with E-state index in [1.165, 1.54) is 0 Å². The molecule has 0 spiro atoms. The van der Waals surface area contributed by atoms with Crippen LogP contribution >= 0.6 is 0 Å².